The summed E-state index contributed by atoms with van der Waals surface area (Å²) in [5.74, 6) is 0.274. The molecule has 0 aliphatic carbocycles. The number of nitrogens with zero attached hydrogens (tertiary/aromatic N) is 1. The number of hydrogen-bond acceptors (Lipinski definition) is 4. The van der Waals surface area contributed by atoms with Crippen molar-refractivity contribution in [1.29, 1.82) is 0 Å². The molecule has 1 aliphatic heterocycles. The second-order valence-electron chi connectivity index (χ2n) is 4.49. The quantitative estimate of drug-likeness (QED) is 0.864. The summed E-state index contributed by atoms with van der Waals surface area (Å²) in [6.07, 6.45) is -0.0543. The van der Waals surface area contributed by atoms with Crippen molar-refractivity contribution in [2.75, 3.05) is 18.1 Å². The van der Waals surface area contributed by atoms with Crippen molar-refractivity contribution in [2.24, 2.45) is 0 Å². The zero-order chi connectivity index (χ0) is 14.7. The van der Waals surface area contributed by atoms with E-state index in [4.69, 9.17) is 5.11 Å². The maximum atomic E-state index is 12.5. The molecule has 1 aliphatic rings. The van der Waals surface area contributed by atoms with Crippen LogP contribution in [0.3, 0.4) is 0 Å². The number of benzene rings is 1. The number of carboxylic acids is 1. The molecule has 0 radical (unpaired) electrons. The van der Waals surface area contributed by atoms with E-state index in [1.807, 2.05) is 0 Å². The monoisotopic (exact) mass is 359 g/mol. The average molecular weight is 360 g/mol. The van der Waals surface area contributed by atoms with Crippen LogP contribution in [0.5, 0.6) is 5.75 Å². The van der Waals surface area contributed by atoms with Gasteiger partial charge in [-0.05, 0) is 34.1 Å². The van der Waals surface area contributed by atoms with Crippen LogP contribution >= 0.6 is 27.7 Å². The fourth-order valence-corrected chi connectivity index (χ4v) is 3.41. The summed E-state index contributed by atoms with van der Waals surface area (Å²) in [6, 6.07) is 4.31. The first kappa shape index (κ1) is 15.2. The molecular formula is C13H14BrNO4S. The third-order valence-electron chi connectivity index (χ3n) is 3.09. The number of aliphatic carboxylic acids is 1. The molecule has 1 atom stereocenters. The van der Waals surface area contributed by atoms with Crippen LogP contribution in [0.2, 0.25) is 0 Å². The van der Waals surface area contributed by atoms with Crippen molar-refractivity contribution in [3.05, 3.63) is 28.2 Å². The minimum absolute atomic E-state index is 0.00276. The SMILES string of the molecule is O=C(O)CC1CSCCN1C(=O)c1ccc(Br)c(O)c1. The van der Waals surface area contributed by atoms with Crippen LogP contribution in [0.15, 0.2) is 22.7 Å². The molecule has 20 heavy (non-hydrogen) atoms. The molecule has 1 aromatic carbocycles. The Kier molecular flexibility index (Phi) is 4.93. The van der Waals surface area contributed by atoms with E-state index in [0.717, 1.165) is 5.75 Å². The van der Waals surface area contributed by atoms with E-state index < -0.39 is 5.97 Å². The van der Waals surface area contributed by atoms with E-state index in [-0.39, 0.29) is 24.1 Å². The van der Waals surface area contributed by atoms with Gasteiger partial charge in [-0.15, -0.1) is 0 Å². The molecule has 0 spiro atoms. The number of rotatable bonds is 3. The summed E-state index contributed by atoms with van der Waals surface area (Å²) < 4.78 is 0.519. The minimum atomic E-state index is -0.908. The van der Waals surface area contributed by atoms with E-state index in [1.54, 1.807) is 28.8 Å². The number of carbonyl (C=O) groups excluding carboxylic acids is 1. The van der Waals surface area contributed by atoms with Crippen LogP contribution < -0.4 is 0 Å². The molecular weight excluding hydrogens is 346 g/mol. The fraction of sp³-hybridized carbons (Fsp3) is 0.385. The summed E-state index contributed by atoms with van der Waals surface area (Å²) in [5, 5.41) is 18.6. The summed E-state index contributed by atoms with van der Waals surface area (Å²) in [7, 11) is 0. The Hall–Kier alpha value is -1.21. The van der Waals surface area contributed by atoms with Crippen molar-refractivity contribution in [1.82, 2.24) is 4.90 Å². The summed E-state index contributed by atoms with van der Waals surface area (Å²) in [4.78, 5) is 24.9. The average Bonchev–Trinajstić information content (AvgIpc) is 2.41. The largest absolute Gasteiger partial charge is 0.507 e. The number of thioether (sulfide) groups is 1. The normalized spacial score (nSPS) is 18.9. The lowest BCUT2D eigenvalue weighted by Gasteiger charge is -2.34. The zero-order valence-electron chi connectivity index (χ0n) is 10.6. The topological polar surface area (TPSA) is 77.8 Å². The first-order valence-corrected chi connectivity index (χ1v) is 8.03. The predicted octanol–water partition coefficient (Wildman–Crippen LogP) is 2.19. The van der Waals surface area contributed by atoms with Crippen molar-refractivity contribution in [2.45, 2.75) is 12.5 Å². The number of carboxylic acid groups (broad SMARTS) is 1. The molecule has 0 bridgehead atoms. The van der Waals surface area contributed by atoms with Crippen LogP contribution in [0.1, 0.15) is 16.8 Å². The van der Waals surface area contributed by atoms with E-state index >= 15 is 0 Å². The number of amides is 1. The van der Waals surface area contributed by atoms with Gasteiger partial charge in [-0.25, -0.2) is 0 Å². The van der Waals surface area contributed by atoms with Crippen LogP contribution in [0.4, 0.5) is 0 Å². The van der Waals surface area contributed by atoms with Gasteiger partial charge < -0.3 is 15.1 Å². The number of phenolic OH excluding ortho intramolecular Hbond substituents is 1. The maximum Gasteiger partial charge on any atom is 0.305 e. The lowest BCUT2D eigenvalue weighted by molar-refractivity contribution is -0.138. The van der Waals surface area contributed by atoms with Crippen LogP contribution in [0, 0.1) is 0 Å². The third-order valence-corrected chi connectivity index (χ3v) is 4.85. The molecule has 2 rings (SSSR count). The highest BCUT2D eigenvalue weighted by Gasteiger charge is 2.29. The Morgan fingerprint density at radius 1 is 1.45 bits per heavy atom. The Morgan fingerprint density at radius 2 is 2.20 bits per heavy atom. The van der Waals surface area contributed by atoms with Gasteiger partial charge in [0.25, 0.3) is 5.91 Å². The highest BCUT2D eigenvalue weighted by molar-refractivity contribution is 9.10. The van der Waals surface area contributed by atoms with Crippen molar-refractivity contribution in [3.8, 4) is 5.75 Å². The summed E-state index contributed by atoms with van der Waals surface area (Å²) >= 11 is 4.82. The third kappa shape index (κ3) is 3.46. The zero-order valence-corrected chi connectivity index (χ0v) is 13.0. The molecule has 0 aromatic heterocycles. The predicted molar refractivity (Wildman–Crippen MR) is 80.2 cm³/mol. The standard InChI is InChI=1S/C13H14BrNO4S/c14-10-2-1-8(5-11(10)16)13(19)15-3-4-20-7-9(15)6-12(17)18/h1-2,5,9,16H,3-4,6-7H2,(H,17,18). The number of hydrogen-bond donors (Lipinski definition) is 2. The van der Waals surface area contributed by atoms with Gasteiger partial charge in [0.05, 0.1) is 16.9 Å². The second-order valence-corrected chi connectivity index (χ2v) is 6.50. The second kappa shape index (κ2) is 6.49. The molecule has 1 amide bonds. The molecule has 1 aromatic rings. The van der Waals surface area contributed by atoms with Gasteiger partial charge in [0.1, 0.15) is 5.75 Å². The van der Waals surface area contributed by atoms with Crippen LogP contribution in [0.25, 0.3) is 0 Å². The van der Waals surface area contributed by atoms with Gasteiger partial charge in [-0.2, -0.15) is 11.8 Å². The van der Waals surface area contributed by atoms with Crippen molar-refractivity contribution in [3.63, 3.8) is 0 Å². The molecule has 1 fully saturated rings. The fourth-order valence-electron chi connectivity index (χ4n) is 2.10. The molecule has 1 heterocycles. The molecule has 2 N–H and O–H groups in total. The van der Waals surface area contributed by atoms with Gasteiger partial charge in [-0.3, -0.25) is 9.59 Å². The molecule has 108 valence electrons. The lowest BCUT2D eigenvalue weighted by Crippen LogP contribution is -2.47. The Labute approximate surface area is 129 Å². The molecule has 1 unspecified atom stereocenters. The lowest BCUT2D eigenvalue weighted by atomic mass is 10.1. The highest BCUT2D eigenvalue weighted by Crippen LogP contribution is 2.27. The highest BCUT2D eigenvalue weighted by atomic mass is 79.9. The summed E-state index contributed by atoms with van der Waals surface area (Å²) in [5.41, 5.74) is 0.369. The summed E-state index contributed by atoms with van der Waals surface area (Å²) in [6.45, 7) is 0.526. The van der Waals surface area contributed by atoms with Crippen LogP contribution in [-0.4, -0.2) is 51.1 Å². The van der Waals surface area contributed by atoms with E-state index in [0.29, 0.717) is 22.3 Å². The van der Waals surface area contributed by atoms with Gasteiger partial charge in [0.15, 0.2) is 0 Å². The first-order chi connectivity index (χ1) is 9.49. The molecule has 5 nitrogen and oxygen atoms in total. The molecule has 0 saturated carbocycles. The van der Waals surface area contributed by atoms with Crippen molar-refractivity contribution >= 4 is 39.6 Å². The number of phenols is 1. The van der Waals surface area contributed by atoms with Gasteiger partial charge >= 0.3 is 5.97 Å². The molecule has 1 saturated heterocycles. The number of halogens is 1. The Morgan fingerprint density at radius 3 is 2.85 bits per heavy atom. The smallest absolute Gasteiger partial charge is 0.305 e. The maximum absolute atomic E-state index is 12.5. The van der Waals surface area contributed by atoms with Crippen molar-refractivity contribution < 1.29 is 19.8 Å². The number of carbonyl (C=O) groups is 2. The first-order valence-electron chi connectivity index (χ1n) is 6.08. The van der Waals surface area contributed by atoms with E-state index in [2.05, 4.69) is 15.9 Å². The van der Waals surface area contributed by atoms with Gasteiger partial charge in [-0.1, -0.05) is 0 Å². The van der Waals surface area contributed by atoms with Gasteiger partial charge in [0.2, 0.25) is 0 Å². The number of aromatic hydroxyl groups is 1. The van der Waals surface area contributed by atoms with E-state index in [1.165, 1.54) is 6.07 Å². The van der Waals surface area contributed by atoms with E-state index in [9.17, 15) is 14.7 Å². The Balaban J connectivity index is 2.20. The van der Waals surface area contributed by atoms with Gasteiger partial charge in [0, 0.05) is 23.6 Å². The minimum Gasteiger partial charge on any atom is -0.507 e. The molecule has 7 heteroatoms. The Bertz CT molecular complexity index is 537. The van der Waals surface area contributed by atoms with Crippen LogP contribution in [-0.2, 0) is 4.79 Å².